The van der Waals surface area contributed by atoms with Gasteiger partial charge in [0.15, 0.2) is 0 Å². The van der Waals surface area contributed by atoms with E-state index in [2.05, 4.69) is 20.7 Å². The maximum atomic E-state index is 12.9. The summed E-state index contributed by atoms with van der Waals surface area (Å²) in [6.45, 7) is -3.22. The molecular formula is C14H14F5N3O4. The molecule has 7 nitrogen and oxygen atoms in total. The average Bonchev–Trinajstić information content (AvgIpc) is 2.50. The predicted octanol–water partition coefficient (Wildman–Crippen LogP) is 1.50. The van der Waals surface area contributed by atoms with Gasteiger partial charge in [0.05, 0.1) is 18.7 Å². The molecule has 0 fully saturated rings. The molecule has 0 bridgehead atoms. The molecule has 0 spiro atoms. The zero-order valence-corrected chi connectivity index (χ0v) is 13.2. The number of nitrogens with one attached hydrogen (secondary N) is 3. The zero-order chi connectivity index (χ0) is 19.9. The lowest BCUT2D eigenvalue weighted by Gasteiger charge is -2.15. The van der Waals surface area contributed by atoms with Crippen LogP contribution in [-0.4, -0.2) is 37.4 Å². The molecular weight excluding hydrogens is 369 g/mol. The number of benzene rings is 1. The Morgan fingerprint density at radius 1 is 1.08 bits per heavy atom. The third-order valence-electron chi connectivity index (χ3n) is 2.73. The first-order chi connectivity index (χ1) is 12.0. The first-order valence-corrected chi connectivity index (χ1v) is 6.96. The van der Waals surface area contributed by atoms with Crippen LogP contribution >= 0.6 is 0 Å². The van der Waals surface area contributed by atoms with E-state index in [4.69, 9.17) is 0 Å². The molecule has 0 aliphatic rings. The maximum Gasteiger partial charge on any atom is 0.420 e. The minimum absolute atomic E-state index is 0.333. The number of anilines is 1. The summed E-state index contributed by atoms with van der Waals surface area (Å²) in [4.78, 5) is 33.5. The Morgan fingerprint density at radius 3 is 2.23 bits per heavy atom. The number of halogens is 5. The van der Waals surface area contributed by atoms with Gasteiger partial charge in [-0.15, -0.1) is 0 Å². The normalized spacial score (nSPS) is 11.0. The second kappa shape index (κ2) is 8.97. The van der Waals surface area contributed by atoms with Gasteiger partial charge in [-0.05, 0) is 18.2 Å². The van der Waals surface area contributed by atoms with Gasteiger partial charge in [-0.1, -0.05) is 0 Å². The van der Waals surface area contributed by atoms with E-state index in [0.29, 0.717) is 12.1 Å². The molecule has 1 rings (SSSR count). The van der Waals surface area contributed by atoms with Gasteiger partial charge in [0, 0.05) is 12.6 Å². The van der Waals surface area contributed by atoms with Crippen LogP contribution in [0, 0.1) is 0 Å². The summed E-state index contributed by atoms with van der Waals surface area (Å²) in [6, 6.07) is 2.00. The Labute approximate surface area is 143 Å². The molecule has 1 aromatic rings. The highest BCUT2D eigenvalue weighted by atomic mass is 19.4. The molecule has 0 heterocycles. The van der Waals surface area contributed by atoms with Crippen LogP contribution in [0.4, 0.5) is 27.6 Å². The molecule has 0 unspecified atom stereocenters. The van der Waals surface area contributed by atoms with Crippen molar-refractivity contribution in [3.63, 3.8) is 0 Å². The highest BCUT2D eigenvalue weighted by Gasteiger charge is 2.35. The molecule has 0 aliphatic heterocycles. The Morgan fingerprint density at radius 2 is 1.69 bits per heavy atom. The number of rotatable bonds is 7. The fourth-order valence-corrected chi connectivity index (χ4v) is 1.68. The van der Waals surface area contributed by atoms with E-state index in [-0.39, 0.29) is 12.2 Å². The lowest BCUT2D eigenvalue weighted by molar-refractivity contribution is -0.142. The number of carbonyl (C=O) groups is 3. The number of amides is 3. The van der Waals surface area contributed by atoms with Crippen molar-refractivity contribution in [3.8, 4) is 5.75 Å². The van der Waals surface area contributed by atoms with Crippen LogP contribution in [0.5, 0.6) is 5.75 Å². The molecule has 0 aromatic heterocycles. The molecule has 3 N–H and O–H groups in total. The van der Waals surface area contributed by atoms with Crippen molar-refractivity contribution in [2.45, 2.75) is 19.7 Å². The second-order valence-electron chi connectivity index (χ2n) is 4.82. The van der Waals surface area contributed by atoms with Crippen molar-refractivity contribution < 1.29 is 41.1 Å². The fraction of sp³-hybridized carbons (Fsp3) is 0.357. The van der Waals surface area contributed by atoms with Crippen LogP contribution in [-0.2, 0) is 20.6 Å². The quantitative estimate of drug-likeness (QED) is 0.622. The minimum atomic E-state index is -4.99. The van der Waals surface area contributed by atoms with Gasteiger partial charge in [-0.3, -0.25) is 14.4 Å². The van der Waals surface area contributed by atoms with Gasteiger partial charge < -0.3 is 20.7 Å². The van der Waals surface area contributed by atoms with Crippen molar-refractivity contribution in [2.24, 2.45) is 0 Å². The Bertz CT molecular complexity index is 679. The van der Waals surface area contributed by atoms with E-state index < -0.39 is 48.4 Å². The molecule has 0 saturated heterocycles. The van der Waals surface area contributed by atoms with Gasteiger partial charge in [0.25, 0.3) is 0 Å². The molecule has 0 saturated carbocycles. The van der Waals surface area contributed by atoms with Crippen molar-refractivity contribution in [1.82, 2.24) is 10.6 Å². The third kappa shape index (κ3) is 7.32. The summed E-state index contributed by atoms with van der Waals surface area (Å²) >= 11 is 0. The topological polar surface area (TPSA) is 96.5 Å². The van der Waals surface area contributed by atoms with Gasteiger partial charge >= 0.3 is 12.8 Å². The first kappa shape index (κ1) is 21.1. The lowest BCUT2D eigenvalue weighted by atomic mass is 10.1. The Hall–Kier alpha value is -2.92. The van der Waals surface area contributed by atoms with Crippen molar-refractivity contribution in [2.75, 3.05) is 18.4 Å². The van der Waals surface area contributed by atoms with Gasteiger partial charge in [0.1, 0.15) is 5.75 Å². The highest BCUT2D eigenvalue weighted by Crippen LogP contribution is 2.38. The molecule has 1 aromatic carbocycles. The van der Waals surface area contributed by atoms with Crippen molar-refractivity contribution in [1.29, 1.82) is 0 Å². The number of hydrogen-bond acceptors (Lipinski definition) is 4. The first-order valence-electron chi connectivity index (χ1n) is 6.96. The number of carbonyl (C=O) groups excluding carboxylic acids is 3. The van der Waals surface area contributed by atoms with Crippen molar-refractivity contribution >= 4 is 23.4 Å². The summed E-state index contributed by atoms with van der Waals surface area (Å²) in [5.74, 6) is -3.10. The standard InChI is InChI=1S/C14H14F5N3O4/c1-7(23)20-5-11(24)21-6-12(25)22-8-2-3-10(26-13(15)16)9(4-8)14(17,18)19/h2-4,13H,5-6H2,1H3,(H,20,23)(H,21,24)(H,22,25). The van der Waals surface area contributed by atoms with Crippen LogP contribution < -0.4 is 20.7 Å². The fourth-order valence-electron chi connectivity index (χ4n) is 1.68. The van der Waals surface area contributed by atoms with Gasteiger partial charge in [0.2, 0.25) is 17.7 Å². The number of ether oxygens (including phenoxy) is 1. The molecule has 0 atom stereocenters. The molecule has 3 amide bonds. The smallest absolute Gasteiger partial charge is 0.420 e. The lowest BCUT2D eigenvalue weighted by Crippen LogP contribution is -2.39. The summed E-state index contributed by atoms with van der Waals surface area (Å²) in [5, 5.41) is 6.38. The average molecular weight is 383 g/mol. The van der Waals surface area contributed by atoms with E-state index in [1.165, 1.54) is 6.92 Å². The maximum absolute atomic E-state index is 12.9. The van der Waals surface area contributed by atoms with Crippen LogP contribution in [0.2, 0.25) is 0 Å². The Kier molecular flexibility index (Phi) is 7.28. The SMILES string of the molecule is CC(=O)NCC(=O)NCC(=O)Nc1ccc(OC(F)F)c(C(F)(F)F)c1. The van der Waals surface area contributed by atoms with Crippen LogP contribution in [0.25, 0.3) is 0 Å². The van der Waals surface area contributed by atoms with E-state index in [0.717, 1.165) is 6.07 Å². The van der Waals surface area contributed by atoms with Crippen LogP contribution in [0.3, 0.4) is 0 Å². The molecule has 26 heavy (non-hydrogen) atoms. The number of alkyl halides is 5. The summed E-state index contributed by atoms with van der Waals surface area (Å²) in [6.07, 6.45) is -4.99. The predicted molar refractivity (Wildman–Crippen MR) is 78.4 cm³/mol. The monoisotopic (exact) mass is 383 g/mol. The third-order valence-corrected chi connectivity index (χ3v) is 2.73. The van der Waals surface area contributed by atoms with Gasteiger partial charge in [-0.2, -0.15) is 22.0 Å². The van der Waals surface area contributed by atoms with E-state index in [1.807, 2.05) is 0 Å². The van der Waals surface area contributed by atoms with E-state index in [9.17, 15) is 36.3 Å². The highest BCUT2D eigenvalue weighted by molar-refractivity contribution is 5.95. The van der Waals surface area contributed by atoms with E-state index in [1.54, 1.807) is 0 Å². The zero-order valence-electron chi connectivity index (χ0n) is 13.2. The molecule has 0 radical (unpaired) electrons. The second-order valence-corrected chi connectivity index (χ2v) is 4.82. The minimum Gasteiger partial charge on any atom is -0.434 e. The van der Waals surface area contributed by atoms with Crippen LogP contribution in [0.15, 0.2) is 18.2 Å². The molecule has 0 aliphatic carbocycles. The number of hydrogen-bond donors (Lipinski definition) is 3. The van der Waals surface area contributed by atoms with E-state index >= 15 is 0 Å². The van der Waals surface area contributed by atoms with Gasteiger partial charge in [-0.25, -0.2) is 0 Å². The molecule has 144 valence electrons. The molecule has 12 heteroatoms. The Balaban J connectivity index is 2.73. The largest absolute Gasteiger partial charge is 0.434 e. The summed E-state index contributed by atoms with van der Waals surface area (Å²) < 4.78 is 66.8. The summed E-state index contributed by atoms with van der Waals surface area (Å²) in [5.41, 5.74) is -1.83. The van der Waals surface area contributed by atoms with Crippen molar-refractivity contribution in [3.05, 3.63) is 23.8 Å². The van der Waals surface area contributed by atoms with Crippen LogP contribution in [0.1, 0.15) is 12.5 Å². The summed E-state index contributed by atoms with van der Waals surface area (Å²) in [7, 11) is 0.